The molecule has 32 heavy (non-hydrogen) atoms. The highest BCUT2D eigenvalue weighted by molar-refractivity contribution is 7.03. The van der Waals surface area contributed by atoms with Crippen LogP contribution in [0.4, 0.5) is 0 Å². The zero-order valence-electron chi connectivity index (χ0n) is 20.3. The molecule has 3 aliphatic heterocycles. The predicted octanol–water partition coefficient (Wildman–Crippen LogP) is 0.0583. The highest BCUT2D eigenvalue weighted by atomic mass is 28.6. The average Bonchev–Trinajstić information content (AvgIpc) is 2.46. The molecule has 6 unspecified atom stereocenters. The molecule has 0 radical (unpaired) electrons. The minimum atomic E-state index is -3.96. The highest BCUT2D eigenvalue weighted by Crippen LogP contribution is 2.40. The molecule has 20 heteroatoms. The molecule has 190 valence electrons. The number of hydrogen-bond donors (Lipinski definition) is 4. The van der Waals surface area contributed by atoms with Crippen molar-refractivity contribution in [2.24, 2.45) is 0 Å². The lowest BCUT2D eigenvalue weighted by Crippen LogP contribution is -2.72. The molecule has 0 saturated carbocycles. The first kappa shape index (κ1) is 29.5. The largest absolute Gasteiger partial charge is 0.484 e. The number of fused-ring (bicyclic) bond motifs is 9. The molecule has 0 aromatic rings. The zero-order chi connectivity index (χ0) is 24.9. The van der Waals surface area contributed by atoms with Crippen molar-refractivity contribution in [2.45, 2.75) is 71.0 Å². The summed E-state index contributed by atoms with van der Waals surface area (Å²) >= 11 is 0. The summed E-state index contributed by atoms with van der Waals surface area (Å²) in [5.41, 5.74) is 0.668. The Balaban J connectivity index is 2.41. The fourth-order valence-corrected chi connectivity index (χ4v) is 40.5. The van der Waals surface area contributed by atoms with Crippen molar-refractivity contribution in [2.75, 3.05) is 6.23 Å². The fourth-order valence-electron chi connectivity index (χ4n) is 4.10. The van der Waals surface area contributed by atoms with Crippen molar-refractivity contribution >= 4 is 69.9 Å². The predicted molar refractivity (Wildman–Crippen MR) is 132 cm³/mol. The van der Waals surface area contributed by atoms with Crippen LogP contribution in [-0.4, -0.2) is 95.4 Å². The maximum Gasteiger partial charge on any atom is 0.484 e. The number of hydrogen-bond acceptors (Lipinski definition) is 12. The second-order valence-corrected chi connectivity index (χ2v) is 33.9. The second kappa shape index (κ2) is 9.61. The van der Waals surface area contributed by atoms with Crippen LogP contribution in [0.15, 0.2) is 0 Å². The molecule has 6 atom stereocenters. The quantitative estimate of drug-likeness (QED) is 0.316. The van der Waals surface area contributed by atoms with Gasteiger partial charge in [0.1, 0.15) is 0 Å². The van der Waals surface area contributed by atoms with E-state index >= 15 is 0 Å². The van der Waals surface area contributed by atoms with Crippen LogP contribution >= 0.6 is 0 Å². The minimum Gasteiger partial charge on any atom is -0.434 e. The van der Waals surface area contributed by atoms with Gasteiger partial charge in [-0.2, -0.15) is 0 Å². The van der Waals surface area contributed by atoms with Crippen LogP contribution in [0.25, 0.3) is 0 Å². The Morgan fingerprint density at radius 3 is 1.81 bits per heavy atom. The standard InChI is InChI=1S/C12H38O12Si8/c1-10-27(4)18-25(2)19-32(9,24-30(7,15)16)22-28(5)12-26(3,20-28)11-17-31(8,21-27)23-29(6,13)14/h13-16,25H,10-12H2,1-9H3. The van der Waals surface area contributed by atoms with Crippen molar-refractivity contribution in [3.05, 3.63) is 0 Å². The third-order valence-electron chi connectivity index (χ3n) is 4.79. The highest BCUT2D eigenvalue weighted by Gasteiger charge is 2.63. The molecule has 0 aromatic heterocycles. The molecule has 0 spiro atoms. The van der Waals surface area contributed by atoms with Crippen LogP contribution in [-0.2, 0) is 33.2 Å². The first-order chi connectivity index (χ1) is 14.1. The van der Waals surface area contributed by atoms with Crippen LogP contribution in [0, 0.1) is 0 Å². The molecule has 3 fully saturated rings. The van der Waals surface area contributed by atoms with Gasteiger partial charge in [-0.15, -0.1) is 0 Å². The average molecular weight is 599 g/mol. The normalized spacial score (nSPS) is 44.7. The van der Waals surface area contributed by atoms with E-state index in [-0.39, 0.29) is 6.23 Å². The topological polar surface area (TPSA) is 155 Å². The van der Waals surface area contributed by atoms with Crippen molar-refractivity contribution in [1.29, 1.82) is 0 Å². The summed E-state index contributed by atoms with van der Waals surface area (Å²) in [6.07, 6.45) is 0.236. The van der Waals surface area contributed by atoms with Crippen LogP contribution in [0.5, 0.6) is 0 Å². The van der Waals surface area contributed by atoms with Crippen molar-refractivity contribution in [3.63, 3.8) is 0 Å². The Kier molecular flexibility index (Phi) is 8.86. The molecule has 0 aromatic carbocycles. The molecule has 3 aliphatic rings. The number of rotatable bonds is 5. The van der Waals surface area contributed by atoms with E-state index < -0.39 is 69.9 Å². The Labute approximate surface area is 199 Å². The Bertz CT molecular complexity index is 671. The van der Waals surface area contributed by atoms with E-state index in [2.05, 4.69) is 0 Å². The lowest BCUT2D eigenvalue weighted by atomic mass is 11.0. The van der Waals surface area contributed by atoms with Crippen molar-refractivity contribution in [3.8, 4) is 0 Å². The van der Waals surface area contributed by atoms with E-state index in [9.17, 15) is 19.2 Å². The van der Waals surface area contributed by atoms with Gasteiger partial charge in [-0.05, 0) is 32.2 Å². The van der Waals surface area contributed by atoms with Crippen LogP contribution < -0.4 is 0 Å². The molecule has 3 saturated heterocycles. The van der Waals surface area contributed by atoms with Gasteiger partial charge in [0, 0.05) is 31.9 Å². The van der Waals surface area contributed by atoms with Gasteiger partial charge < -0.3 is 52.4 Å². The molecular formula is C12H38O12Si8. The minimum absolute atomic E-state index is 0.236. The maximum atomic E-state index is 10.0. The van der Waals surface area contributed by atoms with Crippen LogP contribution in [0.3, 0.4) is 0 Å². The lowest BCUT2D eigenvalue weighted by molar-refractivity contribution is 0.126. The molecule has 3 heterocycles. The summed E-state index contributed by atoms with van der Waals surface area (Å²) < 4.78 is 48.8. The van der Waals surface area contributed by atoms with Gasteiger partial charge >= 0.3 is 61.6 Å². The van der Waals surface area contributed by atoms with Gasteiger partial charge in [0.25, 0.3) is 0 Å². The van der Waals surface area contributed by atoms with E-state index in [4.69, 9.17) is 33.2 Å². The fraction of sp³-hybridized carbons (Fsp3) is 1.00. The maximum absolute atomic E-state index is 10.0. The van der Waals surface area contributed by atoms with E-state index in [0.29, 0.717) is 11.7 Å². The first-order valence-electron chi connectivity index (χ1n) is 10.5. The summed E-state index contributed by atoms with van der Waals surface area (Å²) in [4.78, 5) is 40.1. The molecule has 2 bridgehead atoms. The third kappa shape index (κ3) is 8.73. The van der Waals surface area contributed by atoms with Crippen LogP contribution in [0.1, 0.15) is 6.92 Å². The van der Waals surface area contributed by atoms with Crippen LogP contribution in [0.2, 0.25) is 64.1 Å². The van der Waals surface area contributed by atoms with Gasteiger partial charge in [0.2, 0.25) is 8.32 Å². The van der Waals surface area contributed by atoms with E-state index in [0.717, 1.165) is 0 Å². The molecule has 3 rings (SSSR count). The Morgan fingerprint density at radius 1 is 0.844 bits per heavy atom. The molecule has 4 N–H and O–H groups in total. The lowest BCUT2D eigenvalue weighted by Gasteiger charge is -2.52. The summed E-state index contributed by atoms with van der Waals surface area (Å²) in [6.45, 7) is 15.2. The summed E-state index contributed by atoms with van der Waals surface area (Å²) in [6, 6.07) is 0.530. The first-order valence-corrected chi connectivity index (χ1v) is 29.5. The molecular weight excluding hydrogens is 561 g/mol. The van der Waals surface area contributed by atoms with E-state index in [1.807, 2.05) is 26.6 Å². The van der Waals surface area contributed by atoms with Gasteiger partial charge in [-0.3, -0.25) is 0 Å². The van der Waals surface area contributed by atoms with Gasteiger partial charge in [-0.1, -0.05) is 6.92 Å². The molecule has 0 aliphatic carbocycles. The summed E-state index contributed by atoms with van der Waals surface area (Å²) in [5.74, 6) is 0. The Morgan fingerprint density at radius 2 is 1.34 bits per heavy atom. The van der Waals surface area contributed by atoms with E-state index in [1.165, 1.54) is 13.1 Å². The molecule has 12 nitrogen and oxygen atoms in total. The monoisotopic (exact) mass is 598 g/mol. The van der Waals surface area contributed by atoms with Crippen molar-refractivity contribution in [1.82, 2.24) is 0 Å². The summed E-state index contributed by atoms with van der Waals surface area (Å²) in [5, 5.41) is 0. The SMILES string of the molecule is CC[Si]1(C)O[SiH](C)O[Si](C)(O[Si](C)(O)O)O[Si]2(C)C[Si](C)(CO[Si](C)(O[Si](C)(O)O)O1)O2. The van der Waals surface area contributed by atoms with Crippen molar-refractivity contribution < 1.29 is 52.4 Å². The van der Waals surface area contributed by atoms with Gasteiger partial charge in [0.05, 0.1) is 6.23 Å². The smallest absolute Gasteiger partial charge is 0.434 e. The third-order valence-corrected chi connectivity index (χ3v) is 35.9. The summed E-state index contributed by atoms with van der Waals surface area (Å²) in [7, 11) is -25.4. The van der Waals surface area contributed by atoms with Gasteiger partial charge in [-0.25, -0.2) is 0 Å². The van der Waals surface area contributed by atoms with Gasteiger partial charge in [0.15, 0.2) is 0 Å². The molecule has 0 amide bonds. The Hall–Kier alpha value is 1.26. The second-order valence-electron chi connectivity index (χ2n) is 9.44. The zero-order valence-corrected chi connectivity index (χ0v) is 28.4. The van der Waals surface area contributed by atoms with E-state index in [1.54, 1.807) is 19.6 Å².